The summed E-state index contributed by atoms with van der Waals surface area (Å²) in [5, 5.41) is 6.19. The number of amides is 1. The van der Waals surface area contributed by atoms with Crippen molar-refractivity contribution >= 4 is 17.3 Å². The first kappa shape index (κ1) is 17.4. The summed E-state index contributed by atoms with van der Waals surface area (Å²) in [5.74, 6) is -0.143. The fraction of sp³-hybridized carbons (Fsp3) is 0.368. The maximum Gasteiger partial charge on any atom is 0.269 e. The van der Waals surface area contributed by atoms with Crippen molar-refractivity contribution in [1.29, 1.82) is 0 Å². The first-order valence-corrected chi connectivity index (χ1v) is 8.59. The number of ether oxygens (including phenoxy) is 1. The molecule has 6 nitrogen and oxygen atoms in total. The Kier molecular flexibility index (Phi) is 5.98. The third-order valence-corrected chi connectivity index (χ3v) is 4.15. The molecular weight excluding hydrogens is 316 g/mol. The Hall–Kier alpha value is -2.44. The molecular formula is C19H24N4O2. The monoisotopic (exact) mass is 340 g/mol. The van der Waals surface area contributed by atoms with Crippen LogP contribution in [0, 0.1) is 6.92 Å². The number of benzene rings is 1. The minimum Gasteiger partial charge on any atom is -0.379 e. The van der Waals surface area contributed by atoms with E-state index in [9.17, 15) is 4.79 Å². The van der Waals surface area contributed by atoms with E-state index < -0.39 is 0 Å². The van der Waals surface area contributed by atoms with Gasteiger partial charge in [-0.3, -0.25) is 9.69 Å². The summed E-state index contributed by atoms with van der Waals surface area (Å²) in [6.45, 7) is 6.89. The van der Waals surface area contributed by atoms with Crippen LogP contribution in [0.2, 0.25) is 0 Å². The van der Waals surface area contributed by atoms with Gasteiger partial charge in [0.05, 0.1) is 25.1 Å². The highest BCUT2D eigenvalue weighted by molar-refractivity contribution is 5.92. The summed E-state index contributed by atoms with van der Waals surface area (Å²) < 4.78 is 5.31. The molecule has 6 heteroatoms. The molecule has 0 radical (unpaired) electrons. The molecule has 132 valence electrons. The number of nitrogens with zero attached hydrogens (tertiary/aromatic N) is 2. The van der Waals surface area contributed by atoms with Crippen LogP contribution in [-0.4, -0.2) is 55.2 Å². The summed E-state index contributed by atoms with van der Waals surface area (Å²) in [7, 11) is 0. The van der Waals surface area contributed by atoms with E-state index in [0.29, 0.717) is 12.2 Å². The summed E-state index contributed by atoms with van der Waals surface area (Å²) >= 11 is 0. The van der Waals surface area contributed by atoms with Gasteiger partial charge in [-0.2, -0.15) is 0 Å². The lowest BCUT2D eigenvalue weighted by molar-refractivity contribution is 0.0383. The van der Waals surface area contributed by atoms with Crippen LogP contribution in [0.1, 0.15) is 16.1 Å². The van der Waals surface area contributed by atoms with Crippen molar-refractivity contribution < 1.29 is 9.53 Å². The molecule has 1 aliphatic rings. The van der Waals surface area contributed by atoms with Gasteiger partial charge in [0.2, 0.25) is 0 Å². The second-order valence-electron chi connectivity index (χ2n) is 6.13. The topological polar surface area (TPSA) is 66.5 Å². The zero-order chi connectivity index (χ0) is 17.5. The lowest BCUT2D eigenvalue weighted by Crippen LogP contribution is -2.41. The summed E-state index contributed by atoms with van der Waals surface area (Å²) in [5.41, 5.74) is 3.49. The maximum absolute atomic E-state index is 12.2. The van der Waals surface area contributed by atoms with Crippen molar-refractivity contribution in [2.45, 2.75) is 6.92 Å². The number of hydrogen-bond donors (Lipinski definition) is 2. The average molecular weight is 340 g/mol. The number of carbonyl (C=O) groups is 1. The molecule has 1 fully saturated rings. The molecule has 3 rings (SSSR count). The molecule has 1 amide bonds. The Morgan fingerprint density at radius 1 is 1.12 bits per heavy atom. The lowest BCUT2D eigenvalue weighted by atomic mass is 10.2. The normalized spacial score (nSPS) is 14.9. The van der Waals surface area contributed by atoms with E-state index in [2.05, 4.69) is 27.4 Å². The summed E-state index contributed by atoms with van der Waals surface area (Å²) in [6, 6.07) is 11.7. The van der Waals surface area contributed by atoms with Gasteiger partial charge in [0.25, 0.3) is 5.91 Å². The van der Waals surface area contributed by atoms with E-state index in [1.165, 1.54) is 5.56 Å². The highest BCUT2D eigenvalue weighted by Gasteiger charge is 2.11. The van der Waals surface area contributed by atoms with E-state index in [0.717, 1.165) is 44.2 Å². The highest BCUT2D eigenvalue weighted by Crippen LogP contribution is 2.16. The number of rotatable bonds is 6. The molecule has 2 heterocycles. The first-order valence-electron chi connectivity index (χ1n) is 8.59. The molecule has 2 aromatic rings. The molecule has 1 aromatic carbocycles. The Morgan fingerprint density at radius 2 is 1.84 bits per heavy atom. The maximum atomic E-state index is 12.2. The van der Waals surface area contributed by atoms with Crippen molar-refractivity contribution in [2.24, 2.45) is 0 Å². The standard InChI is InChI=1S/C19H24N4O2/c1-15-2-4-16(5-3-15)22-17-6-7-18(21-14-17)19(24)20-8-9-23-10-12-25-13-11-23/h2-7,14,22H,8-13H2,1H3,(H,20,24). The van der Waals surface area contributed by atoms with Gasteiger partial charge in [0.1, 0.15) is 5.69 Å². The van der Waals surface area contributed by atoms with E-state index in [-0.39, 0.29) is 5.91 Å². The molecule has 1 aliphatic heterocycles. The second kappa shape index (κ2) is 8.60. The molecule has 0 aliphatic carbocycles. The fourth-order valence-electron chi connectivity index (χ4n) is 2.65. The van der Waals surface area contributed by atoms with Crippen LogP contribution >= 0.6 is 0 Å². The average Bonchev–Trinajstić information content (AvgIpc) is 2.65. The molecule has 25 heavy (non-hydrogen) atoms. The molecule has 0 saturated carbocycles. The lowest BCUT2D eigenvalue weighted by Gasteiger charge is -2.26. The Morgan fingerprint density at radius 3 is 2.52 bits per heavy atom. The van der Waals surface area contributed by atoms with Gasteiger partial charge in [0, 0.05) is 31.9 Å². The van der Waals surface area contributed by atoms with E-state index in [1.807, 2.05) is 30.3 Å². The van der Waals surface area contributed by atoms with Crippen molar-refractivity contribution in [3.05, 3.63) is 53.9 Å². The molecule has 2 N–H and O–H groups in total. The van der Waals surface area contributed by atoms with Gasteiger partial charge in [-0.15, -0.1) is 0 Å². The number of nitrogens with one attached hydrogen (secondary N) is 2. The zero-order valence-electron chi connectivity index (χ0n) is 14.5. The summed E-state index contributed by atoms with van der Waals surface area (Å²) in [6.07, 6.45) is 1.68. The number of morpholine rings is 1. The van der Waals surface area contributed by atoms with E-state index >= 15 is 0 Å². The highest BCUT2D eigenvalue weighted by atomic mass is 16.5. The van der Waals surface area contributed by atoms with Crippen LogP contribution in [-0.2, 0) is 4.74 Å². The van der Waals surface area contributed by atoms with Crippen LogP contribution < -0.4 is 10.6 Å². The third-order valence-electron chi connectivity index (χ3n) is 4.15. The molecule has 0 atom stereocenters. The number of pyridine rings is 1. The number of aromatic nitrogens is 1. The van der Waals surface area contributed by atoms with Gasteiger partial charge in [0.15, 0.2) is 0 Å². The van der Waals surface area contributed by atoms with Crippen LogP contribution in [0.25, 0.3) is 0 Å². The smallest absolute Gasteiger partial charge is 0.269 e. The minimum absolute atomic E-state index is 0.143. The van der Waals surface area contributed by atoms with Gasteiger partial charge >= 0.3 is 0 Å². The predicted molar refractivity (Wildman–Crippen MR) is 98.3 cm³/mol. The van der Waals surface area contributed by atoms with Gasteiger partial charge in [-0.1, -0.05) is 17.7 Å². The second-order valence-corrected chi connectivity index (χ2v) is 6.13. The molecule has 0 unspecified atom stereocenters. The van der Waals surface area contributed by atoms with E-state index in [4.69, 9.17) is 4.74 Å². The van der Waals surface area contributed by atoms with E-state index in [1.54, 1.807) is 12.3 Å². The van der Waals surface area contributed by atoms with Crippen LogP contribution in [0.5, 0.6) is 0 Å². The Bertz CT molecular complexity index is 680. The largest absolute Gasteiger partial charge is 0.379 e. The number of aryl methyl sites for hydroxylation is 1. The predicted octanol–water partition coefficient (Wildman–Crippen LogP) is 2.20. The quantitative estimate of drug-likeness (QED) is 0.844. The molecule has 1 saturated heterocycles. The molecule has 0 bridgehead atoms. The van der Waals surface area contributed by atoms with Crippen molar-refractivity contribution in [1.82, 2.24) is 15.2 Å². The number of hydrogen-bond acceptors (Lipinski definition) is 5. The van der Waals surface area contributed by atoms with Crippen molar-refractivity contribution in [2.75, 3.05) is 44.7 Å². The third kappa shape index (κ3) is 5.27. The summed E-state index contributed by atoms with van der Waals surface area (Å²) in [4.78, 5) is 18.7. The Labute approximate surface area is 148 Å². The van der Waals surface area contributed by atoms with Crippen LogP contribution in [0.3, 0.4) is 0 Å². The SMILES string of the molecule is Cc1ccc(Nc2ccc(C(=O)NCCN3CCOCC3)nc2)cc1. The van der Waals surface area contributed by atoms with Gasteiger partial charge in [-0.05, 0) is 31.2 Å². The molecule has 1 aromatic heterocycles. The fourth-order valence-corrected chi connectivity index (χ4v) is 2.65. The minimum atomic E-state index is -0.143. The molecule has 0 spiro atoms. The van der Waals surface area contributed by atoms with Gasteiger partial charge in [-0.25, -0.2) is 4.98 Å². The Balaban J connectivity index is 1.47. The zero-order valence-corrected chi connectivity index (χ0v) is 14.5. The number of anilines is 2. The first-order chi connectivity index (χ1) is 12.2. The van der Waals surface area contributed by atoms with Crippen LogP contribution in [0.4, 0.5) is 11.4 Å². The van der Waals surface area contributed by atoms with Gasteiger partial charge < -0.3 is 15.4 Å². The van der Waals surface area contributed by atoms with Crippen molar-refractivity contribution in [3.8, 4) is 0 Å². The van der Waals surface area contributed by atoms with Crippen LogP contribution in [0.15, 0.2) is 42.6 Å². The van der Waals surface area contributed by atoms with Crippen molar-refractivity contribution in [3.63, 3.8) is 0 Å². The number of carbonyl (C=O) groups excluding carboxylic acids is 1.